The molecule has 2 N–H and O–H groups in total. The summed E-state index contributed by atoms with van der Waals surface area (Å²) in [5.74, 6) is -0.727. The molecule has 2 heterocycles. The first-order valence-corrected chi connectivity index (χ1v) is 7.03. The molecule has 0 aromatic carbocycles. The molecule has 2 unspecified atom stereocenters. The number of nitrogens with one attached hydrogen (secondary N) is 1. The lowest BCUT2D eigenvalue weighted by molar-refractivity contribution is -0.136. The molecule has 0 aromatic heterocycles. The zero-order valence-corrected chi connectivity index (χ0v) is 10.9. The molecule has 5 heteroatoms. The van der Waals surface area contributed by atoms with Crippen molar-refractivity contribution in [1.82, 2.24) is 10.2 Å². The molecule has 2 fully saturated rings. The second-order valence-electron chi connectivity index (χ2n) is 5.33. The van der Waals surface area contributed by atoms with Crippen molar-refractivity contribution in [3.63, 3.8) is 0 Å². The van der Waals surface area contributed by atoms with Gasteiger partial charge < -0.3 is 15.2 Å². The van der Waals surface area contributed by atoms with Gasteiger partial charge in [0, 0.05) is 32.3 Å². The molecule has 0 spiro atoms. The third-order valence-corrected chi connectivity index (χ3v) is 3.76. The first-order valence-electron chi connectivity index (χ1n) is 7.03. The molecule has 0 saturated carbocycles. The Bertz CT molecular complexity index is 267. The van der Waals surface area contributed by atoms with Gasteiger partial charge in [0.2, 0.25) is 0 Å². The van der Waals surface area contributed by atoms with Gasteiger partial charge in [0.15, 0.2) is 0 Å². The van der Waals surface area contributed by atoms with E-state index in [4.69, 9.17) is 9.84 Å². The molecule has 2 saturated heterocycles. The maximum Gasteiger partial charge on any atom is 0.304 e. The summed E-state index contributed by atoms with van der Waals surface area (Å²) in [5.41, 5.74) is 0. The van der Waals surface area contributed by atoms with Gasteiger partial charge in [-0.25, -0.2) is 0 Å². The van der Waals surface area contributed by atoms with E-state index in [1.165, 1.54) is 19.3 Å². The van der Waals surface area contributed by atoms with Crippen molar-refractivity contribution in [2.24, 2.45) is 0 Å². The Morgan fingerprint density at radius 1 is 1.39 bits per heavy atom. The van der Waals surface area contributed by atoms with E-state index < -0.39 is 5.97 Å². The number of likely N-dealkylation sites (tertiary alicyclic amines) is 1. The lowest BCUT2D eigenvalue weighted by atomic mass is 10.0. The fourth-order valence-electron chi connectivity index (χ4n) is 2.85. The first kappa shape index (κ1) is 13.8. The molecule has 0 amide bonds. The minimum absolute atomic E-state index is 0.211. The number of nitrogens with zero attached hydrogens (tertiary/aromatic N) is 1. The van der Waals surface area contributed by atoms with Crippen LogP contribution in [0.5, 0.6) is 0 Å². The Morgan fingerprint density at radius 2 is 2.28 bits per heavy atom. The molecule has 0 aliphatic carbocycles. The summed E-state index contributed by atoms with van der Waals surface area (Å²) in [6.45, 7) is 4.71. The molecular formula is C13H24N2O3. The normalized spacial score (nSPS) is 29.6. The summed E-state index contributed by atoms with van der Waals surface area (Å²) < 4.78 is 5.66. The van der Waals surface area contributed by atoms with E-state index in [2.05, 4.69) is 10.2 Å². The third-order valence-electron chi connectivity index (χ3n) is 3.76. The summed E-state index contributed by atoms with van der Waals surface area (Å²) in [6, 6.07) is 0.444. The van der Waals surface area contributed by atoms with Gasteiger partial charge in [-0.15, -0.1) is 0 Å². The van der Waals surface area contributed by atoms with Gasteiger partial charge in [-0.3, -0.25) is 9.69 Å². The van der Waals surface area contributed by atoms with Crippen molar-refractivity contribution >= 4 is 5.97 Å². The monoisotopic (exact) mass is 256 g/mol. The number of ether oxygens (including phenoxy) is 1. The quantitative estimate of drug-likeness (QED) is 0.732. The molecule has 2 rings (SSSR count). The summed E-state index contributed by atoms with van der Waals surface area (Å²) in [7, 11) is 0. The van der Waals surface area contributed by atoms with Gasteiger partial charge in [-0.2, -0.15) is 0 Å². The van der Waals surface area contributed by atoms with E-state index in [1.807, 2.05) is 0 Å². The summed E-state index contributed by atoms with van der Waals surface area (Å²) in [6.07, 6.45) is 5.36. The Hall–Kier alpha value is -0.650. The summed E-state index contributed by atoms with van der Waals surface area (Å²) in [4.78, 5) is 12.9. The van der Waals surface area contributed by atoms with Crippen LogP contribution in [0.1, 0.15) is 32.1 Å². The highest BCUT2D eigenvalue weighted by Gasteiger charge is 2.24. The van der Waals surface area contributed by atoms with Gasteiger partial charge >= 0.3 is 5.97 Å². The van der Waals surface area contributed by atoms with Crippen LogP contribution in [0.3, 0.4) is 0 Å². The van der Waals surface area contributed by atoms with Crippen LogP contribution in [0.2, 0.25) is 0 Å². The Morgan fingerprint density at radius 3 is 3.00 bits per heavy atom. The van der Waals surface area contributed by atoms with Crippen molar-refractivity contribution in [3.05, 3.63) is 0 Å². The average molecular weight is 256 g/mol. The molecule has 2 aliphatic heterocycles. The molecule has 0 aromatic rings. The van der Waals surface area contributed by atoms with Crippen molar-refractivity contribution in [1.29, 1.82) is 0 Å². The van der Waals surface area contributed by atoms with E-state index in [0.29, 0.717) is 18.7 Å². The Kier molecular flexibility index (Phi) is 5.41. The zero-order chi connectivity index (χ0) is 12.8. The van der Waals surface area contributed by atoms with E-state index in [-0.39, 0.29) is 6.42 Å². The molecule has 5 nitrogen and oxygen atoms in total. The van der Waals surface area contributed by atoms with Crippen LogP contribution in [0.15, 0.2) is 0 Å². The third kappa shape index (κ3) is 4.55. The number of carbonyl (C=O) groups is 1. The van der Waals surface area contributed by atoms with Gasteiger partial charge in [-0.1, -0.05) is 0 Å². The number of piperidine rings is 1. The van der Waals surface area contributed by atoms with E-state index in [0.717, 1.165) is 32.7 Å². The van der Waals surface area contributed by atoms with Gasteiger partial charge in [0.25, 0.3) is 0 Å². The summed E-state index contributed by atoms with van der Waals surface area (Å²) >= 11 is 0. The first-order chi connectivity index (χ1) is 8.74. The lowest BCUT2D eigenvalue weighted by Crippen LogP contribution is -2.48. The standard InChI is InChI=1S/C13H24N2O3/c16-13(17)5-6-14-11-3-1-7-15(9-11)10-12-4-2-8-18-12/h11-12,14H,1-10H2,(H,16,17). The number of aliphatic carboxylic acids is 1. The molecule has 0 bridgehead atoms. The van der Waals surface area contributed by atoms with Crippen molar-refractivity contribution in [2.45, 2.75) is 44.2 Å². The van der Waals surface area contributed by atoms with Gasteiger partial charge in [0.1, 0.15) is 0 Å². The van der Waals surface area contributed by atoms with Crippen molar-refractivity contribution in [3.8, 4) is 0 Å². The van der Waals surface area contributed by atoms with E-state index in [1.54, 1.807) is 0 Å². The molecule has 104 valence electrons. The van der Waals surface area contributed by atoms with Crippen LogP contribution in [-0.4, -0.2) is 60.9 Å². The molecule has 18 heavy (non-hydrogen) atoms. The molecular weight excluding hydrogens is 232 g/mol. The minimum atomic E-state index is -0.727. The van der Waals surface area contributed by atoms with Crippen LogP contribution < -0.4 is 5.32 Å². The number of hydrogen-bond donors (Lipinski definition) is 2. The average Bonchev–Trinajstić information content (AvgIpc) is 2.82. The topological polar surface area (TPSA) is 61.8 Å². The lowest BCUT2D eigenvalue weighted by Gasteiger charge is -2.34. The highest BCUT2D eigenvalue weighted by atomic mass is 16.5. The van der Waals surface area contributed by atoms with Crippen LogP contribution in [-0.2, 0) is 9.53 Å². The fraction of sp³-hybridized carbons (Fsp3) is 0.923. The smallest absolute Gasteiger partial charge is 0.304 e. The van der Waals surface area contributed by atoms with Crippen molar-refractivity contribution in [2.75, 3.05) is 32.8 Å². The number of carboxylic acid groups (broad SMARTS) is 1. The Balaban J connectivity index is 1.65. The highest BCUT2D eigenvalue weighted by Crippen LogP contribution is 2.16. The van der Waals surface area contributed by atoms with E-state index in [9.17, 15) is 4.79 Å². The second kappa shape index (κ2) is 7.07. The Labute approximate surface area is 108 Å². The van der Waals surface area contributed by atoms with Crippen LogP contribution >= 0.6 is 0 Å². The zero-order valence-electron chi connectivity index (χ0n) is 10.9. The van der Waals surface area contributed by atoms with E-state index >= 15 is 0 Å². The highest BCUT2D eigenvalue weighted by molar-refractivity contribution is 5.66. The summed E-state index contributed by atoms with van der Waals surface area (Å²) in [5, 5.41) is 12.0. The van der Waals surface area contributed by atoms with Gasteiger partial charge in [-0.05, 0) is 32.2 Å². The maximum atomic E-state index is 10.5. The second-order valence-corrected chi connectivity index (χ2v) is 5.33. The predicted octanol–water partition coefficient (Wildman–Crippen LogP) is 0.694. The number of carboxylic acids is 1. The number of hydrogen-bond acceptors (Lipinski definition) is 4. The largest absolute Gasteiger partial charge is 0.481 e. The maximum absolute atomic E-state index is 10.5. The van der Waals surface area contributed by atoms with Crippen LogP contribution in [0.4, 0.5) is 0 Å². The van der Waals surface area contributed by atoms with Gasteiger partial charge in [0.05, 0.1) is 12.5 Å². The van der Waals surface area contributed by atoms with Crippen LogP contribution in [0, 0.1) is 0 Å². The predicted molar refractivity (Wildman–Crippen MR) is 68.7 cm³/mol. The van der Waals surface area contributed by atoms with Crippen LogP contribution in [0.25, 0.3) is 0 Å². The SMILES string of the molecule is O=C(O)CCNC1CCCN(CC2CCCO2)C1. The molecule has 2 aliphatic rings. The minimum Gasteiger partial charge on any atom is -0.481 e. The molecule has 2 atom stereocenters. The number of rotatable bonds is 6. The fourth-order valence-corrected chi connectivity index (χ4v) is 2.85. The van der Waals surface area contributed by atoms with Crippen molar-refractivity contribution < 1.29 is 14.6 Å². The molecule has 0 radical (unpaired) electrons.